The van der Waals surface area contributed by atoms with Gasteiger partial charge < -0.3 is 5.32 Å². The normalized spacial score (nSPS) is 17.3. The van der Waals surface area contributed by atoms with Crippen LogP contribution in [0.15, 0.2) is 32.0 Å². The molecule has 1 N–H and O–H groups in total. The molecule has 0 saturated heterocycles. The second-order valence-corrected chi connectivity index (χ2v) is 7.86. The van der Waals surface area contributed by atoms with Crippen molar-refractivity contribution in [1.82, 2.24) is 0 Å². The number of hydrogen-bond donors (Lipinski definition) is 1. The summed E-state index contributed by atoms with van der Waals surface area (Å²) in [6.07, 6.45) is 0. The fourth-order valence-corrected chi connectivity index (χ4v) is 4.01. The zero-order valence-electron chi connectivity index (χ0n) is 9.27. The van der Waals surface area contributed by atoms with E-state index in [1.165, 1.54) is 11.8 Å². The van der Waals surface area contributed by atoms with Gasteiger partial charge in [-0.2, -0.15) is 8.42 Å². The molecule has 1 aromatic carbocycles. The van der Waals surface area contributed by atoms with E-state index in [0.717, 1.165) is 4.47 Å². The number of hydrogen-bond acceptors (Lipinski definition) is 4. The third kappa shape index (κ3) is 2.83. The molecule has 0 aromatic heterocycles. The van der Waals surface area contributed by atoms with Crippen LogP contribution in [0, 0.1) is 0 Å². The fourth-order valence-electron chi connectivity index (χ4n) is 1.38. The van der Waals surface area contributed by atoms with Crippen molar-refractivity contribution < 1.29 is 8.42 Å². The third-order valence-corrected chi connectivity index (χ3v) is 4.83. The number of nitrogens with zero attached hydrogens (tertiary/aromatic N) is 1. The van der Waals surface area contributed by atoms with E-state index in [2.05, 4.69) is 25.6 Å². The molecule has 4 nitrogen and oxygen atoms in total. The Kier molecular flexibility index (Phi) is 3.51. The quantitative estimate of drug-likeness (QED) is 0.857. The zero-order chi connectivity index (χ0) is 12.6. The summed E-state index contributed by atoms with van der Waals surface area (Å²) < 4.78 is 28.4. The van der Waals surface area contributed by atoms with Crippen molar-refractivity contribution in [3.63, 3.8) is 0 Å². The van der Waals surface area contributed by atoms with E-state index in [-0.39, 0.29) is 10.1 Å². The summed E-state index contributed by atoms with van der Waals surface area (Å²) in [5.41, 5.74) is 0.575. The first kappa shape index (κ1) is 12.9. The third-order valence-electron chi connectivity index (χ3n) is 2.01. The van der Waals surface area contributed by atoms with Gasteiger partial charge in [0.15, 0.2) is 5.17 Å². The largest absolute Gasteiger partial charge is 0.333 e. The molecule has 92 valence electrons. The lowest BCUT2D eigenvalue weighted by Gasteiger charge is -2.18. The van der Waals surface area contributed by atoms with Gasteiger partial charge in [0.05, 0.1) is 5.69 Å². The number of benzene rings is 1. The van der Waals surface area contributed by atoms with Crippen molar-refractivity contribution in [2.75, 3.05) is 5.32 Å². The van der Waals surface area contributed by atoms with Crippen molar-refractivity contribution in [2.24, 2.45) is 4.40 Å². The van der Waals surface area contributed by atoms with Crippen LogP contribution in [0.5, 0.6) is 0 Å². The van der Waals surface area contributed by atoms with Gasteiger partial charge in [-0.15, -0.1) is 4.40 Å². The van der Waals surface area contributed by atoms with Crippen LogP contribution >= 0.6 is 27.7 Å². The van der Waals surface area contributed by atoms with Gasteiger partial charge in [-0.25, -0.2) is 0 Å². The highest BCUT2D eigenvalue weighted by Crippen LogP contribution is 2.32. The highest BCUT2D eigenvalue weighted by atomic mass is 79.9. The number of rotatable bonds is 1. The summed E-state index contributed by atoms with van der Waals surface area (Å²) in [5, 5.41) is 3.72. The Morgan fingerprint density at radius 3 is 2.76 bits per heavy atom. The Morgan fingerprint density at radius 2 is 2.12 bits per heavy atom. The summed E-state index contributed by atoms with van der Waals surface area (Å²) in [5.74, 6) is 0. The number of fused-ring (bicyclic) bond motifs is 1. The van der Waals surface area contributed by atoms with E-state index in [1.807, 2.05) is 13.8 Å². The van der Waals surface area contributed by atoms with Gasteiger partial charge >= 0.3 is 0 Å². The van der Waals surface area contributed by atoms with Crippen molar-refractivity contribution in [3.05, 3.63) is 22.7 Å². The maximum absolute atomic E-state index is 12.0. The average molecular weight is 335 g/mol. The second-order valence-electron chi connectivity index (χ2n) is 3.80. The molecule has 7 heteroatoms. The number of sulfonamides is 1. The van der Waals surface area contributed by atoms with Crippen molar-refractivity contribution in [1.29, 1.82) is 0 Å². The smallest absolute Gasteiger partial charge is 0.286 e. The molecule has 1 aromatic rings. The summed E-state index contributed by atoms with van der Waals surface area (Å²) in [4.78, 5) is 0.208. The zero-order valence-corrected chi connectivity index (χ0v) is 12.5. The molecule has 1 aliphatic rings. The van der Waals surface area contributed by atoms with Crippen molar-refractivity contribution >= 4 is 48.6 Å². The summed E-state index contributed by atoms with van der Waals surface area (Å²) in [6.45, 7) is 3.97. The number of anilines is 1. The Balaban J connectivity index is 2.47. The van der Waals surface area contributed by atoms with Crippen LogP contribution in [-0.4, -0.2) is 18.8 Å². The van der Waals surface area contributed by atoms with E-state index < -0.39 is 10.0 Å². The van der Waals surface area contributed by atoms with Crippen molar-refractivity contribution in [2.45, 2.75) is 24.0 Å². The fraction of sp³-hybridized carbons (Fsp3) is 0.300. The van der Waals surface area contributed by atoms with Crippen LogP contribution in [0.2, 0.25) is 0 Å². The molecular formula is C10H11BrN2O2S2. The highest BCUT2D eigenvalue weighted by Gasteiger charge is 2.25. The molecular weight excluding hydrogens is 324 g/mol. The molecule has 1 aliphatic heterocycles. The molecule has 0 atom stereocenters. The molecule has 0 amide bonds. The summed E-state index contributed by atoms with van der Waals surface area (Å²) in [7, 11) is -3.58. The van der Waals surface area contributed by atoms with Crippen LogP contribution < -0.4 is 5.32 Å². The van der Waals surface area contributed by atoms with Crippen LogP contribution in [0.1, 0.15) is 13.8 Å². The number of halogens is 1. The lowest BCUT2D eigenvalue weighted by atomic mass is 10.3. The average Bonchev–Trinajstić information content (AvgIpc) is 2.17. The van der Waals surface area contributed by atoms with Crippen LogP contribution in [0.25, 0.3) is 0 Å². The number of thioether (sulfide) groups is 1. The van der Waals surface area contributed by atoms with Crippen LogP contribution in [0.3, 0.4) is 0 Å². The van der Waals surface area contributed by atoms with Crippen LogP contribution in [0.4, 0.5) is 5.69 Å². The number of nitrogens with one attached hydrogen (secondary N) is 1. The summed E-state index contributed by atoms with van der Waals surface area (Å²) in [6, 6.07) is 5.08. The molecule has 0 bridgehead atoms. The lowest BCUT2D eigenvalue weighted by molar-refractivity contribution is 0.598. The molecule has 2 rings (SSSR count). The topological polar surface area (TPSA) is 58.5 Å². The predicted molar refractivity (Wildman–Crippen MR) is 75.1 cm³/mol. The lowest BCUT2D eigenvalue weighted by Crippen LogP contribution is -2.20. The standard InChI is InChI=1S/C10H11BrN2O2S2/c1-6(2)16-10-12-8-4-3-7(11)5-9(8)17(14,15)13-10/h3-6H,1-2H3,(H,12,13). The van der Waals surface area contributed by atoms with Gasteiger partial charge in [0.1, 0.15) is 4.90 Å². The Morgan fingerprint density at radius 1 is 1.41 bits per heavy atom. The molecule has 0 saturated carbocycles. The van der Waals surface area contributed by atoms with Gasteiger partial charge in [-0.05, 0) is 18.2 Å². The summed E-state index contributed by atoms with van der Waals surface area (Å²) >= 11 is 4.65. The molecule has 1 heterocycles. The van der Waals surface area contributed by atoms with Crippen LogP contribution in [-0.2, 0) is 10.0 Å². The minimum atomic E-state index is -3.58. The highest BCUT2D eigenvalue weighted by molar-refractivity contribution is 9.10. The maximum atomic E-state index is 12.0. The first-order chi connectivity index (χ1) is 7.88. The molecule has 0 aliphatic carbocycles. The predicted octanol–water partition coefficient (Wildman–Crippen LogP) is 3.06. The molecule has 0 radical (unpaired) electrons. The first-order valence-electron chi connectivity index (χ1n) is 4.97. The molecule has 0 unspecified atom stereocenters. The van der Waals surface area contributed by atoms with Gasteiger partial charge in [-0.3, -0.25) is 0 Å². The maximum Gasteiger partial charge on any atom is 0.286 e. The van der Waals surface area contributed by atoms with Gasteiger partial charge in [0.25, 0.3) is 10.0 Å². The van der Waals surface area contributed by atoms with Gasteiger partial charge in [0, 0.05) is 9.72 Å². The van der Waals surface area contributed by atoms with E-state index in [1.54, 1.807) is 18.2 Å². The minimum absolute atomic E-state index is 0.208. The molecule has 0 fully saturated rings. The van der Waals surface area contributed by atoms with E-state index in [4.69, 9.17) is 0 Å². The molecule has 0 spiro atoms. The van der Waals surface area contributed by atoms with Gasteiger partial charge in [0.2, 0.25) is 0 Å². The molecule has 17 heavy (non-hydrogen) atoms. The second kappa shape index (κ2) is 4.62. The van der Waals surface area contributed by atoms with Gasteiger partial charge in [-0.1, -0.05) is 41.5 Å². The monoisotopic (exact) mass is 334 g/mol. The van der Waals surface area contributed by atoms with E-state index >= 15 is 0 Å². The Labute approximate surface area is 113 Å². The first-order valence-corrected chi connectivity index (χ1v) is 8.08. The Bertz CT molecular complexity index is 582. The Hall–Kier alpha value is -0.530. The number of amidine groups is 1. The van der Waals surface area contributed by atoms with Crippen molar-refractivity contribution in [3.8, 4) is 0 Å². The van der Waals surface area contributed by atoms with E-state index in [9.17, 15) is 8.42 Å². The SMILES string of the molecule is CC(C)SC1=NS(=O)(=O)c2cc(Br)ccc2N1. The minimum Gasteiger partial charge on any atom is -0.333 e. The van der Waals surface area contributed by atoms with E-state index in [0.29, 0.717) is 10.9 Å².